The van der Waals surface area contributed by atoms with E-state index in [4.69, 9.17) is 0 Å². The quantitative estimate of drug-likeness (QED) is 0.646. The van der Waals surface area contributed by atoms with Crippen LogP contribution in [0, 0.1) is 19.7 Å². The first-order chi connectivity index (χ1) is 13.2. The molecule has 2 aliphatic rings. The number of rotatable bonds is 3. The molecule has 0 spiro atoms. The molecule has 2 aromatic carbocycles. The molecule has 2 atom stereocenters. The van der Waals surface area contributed by atoms with E-state index in [1.807, 2.05) is 0 Å². The molecule has 2 aromatic rings. The molecular formula is C20H20BrFN2O2S2. The first-order valence-corrected chi connectivity index (χ1v) is 12.5. The Labute approximate surface area is 177 Å². The largest absolute Gasteiger partial charge is 0.312 e. The molecule has 0 unspecified atom stereocenters. The Kier molecular flexibility index (Phi) is 5.31. The summed E-state index contributed by atoms with van der Waals surface area (Å²) in [6.45, 7) is 4.16. The maximum atomic E-state index is 14.7. The van der Waals surface area contributed by atoms with Gasteiger partial charge < -0.3 is 4.90 Å². The number of hydrogen-bond acceptors (Lipinski definition) is 5. The fourth-order valence-electron chi connectivity index (χ4n) is 3.63. The number of sulfone groups is 1. The summed E-state index contributed by atoms with van der Waals surface area (Å²) >= 11 is 4.81. The van der Waals surface area contributed by atoms with Crippen molar-refractivity contribution in [3.05, 3.63) is 63.4 Å². The number of thioether (sulfide) groups is 1. The van der Waals surface area contributed by atoms with Gasteiger partial charge in [-0.05, 0) is 48.7 Å². The third-order valence-electron chi connectivity index (χ3n) is 5.22. The van der Waals surface area contributed by atoms with Crippen molar-refractivity contribution in [2.45, 2.75) is 31.7 Å². The highest BCUT2D eigenvalue weighted by atomic mass is 79.9. The van der Waals surface area contributed by atoms with Crippen molar-refractivity contribution in [2.24, 2.45) is 4.99 Å². The summed E-state index contributed by atoms with van der Waals surface area (Å²) in [5.74, 6) is 0.337. The molecule has 0 N–H and O–H groups in total. The van der Waals surface area contributed by atoms with Crippen molar-refractivity contribution < 1.29 is 12.8 Å². The average molecular weight is 483 g/mol. The Hall–Kier alpha value is -1.38. The molecule has 2 heterocycles. The molecule has 2 aliphatic heterocycles. The van der Waals surface area contributed by atoms with Gasteiger partial charge in [0.15, 0.2) is 15.0 Å². The van der Waals surface area contributed by atoms with E-state index in [1.54, 1.807) is 17.0 Å². The van der Waals surface area contributed by atoms with E-state index in [0.29, 0.717) is 21.1 Å². The molecule has 28 heavy (non-hydrogen) atoms. The fraction of sp³-hybridized carbons (Fsp3) is 0.350. The molecular weight excluding hydrogens is 463 g/mol. The van der Waals surface area contributed by atoms with Gasteiger partial charge in [-0.15, -0.1) is 0 Å². The fourth-order valence-corrected chi connectivity index (χ4v) is 6.87. The zero-order valence-electron chi connectivity index (χ0n) is 15.5. The molecule has 1 fully saturated rings. The third kappa shape index (κ3) is 3.86. The lowest BCUT2D eigenvalue weighted by Crippen LogP contribution is -2.39. The molecule has 0 aromatic heterocycles. The number of halogens is 2. The molecule has 0 bridgehead atoms. The van der Waals surface area contributed by atoms with Crippen LogP contribution in [0.4, 0.5) is 10.1 Å². The summed E-state index contributed by atoms with van der Waals surface area (Å²) in [7, 11) is -3.16. The summed E-state index contributed by atoms with van der Waals surface area (Å²) in [4.78, 5) is 6.45. The maximum Gasteiger partial charge on any atom is 0.164 e. The Balaban J connectivity index is 1.64. The number of aryl methyl sites for hydroxylation is 2. The molecule has 0 saturated carbocycles. The summed E-state index contributed by atoms with van der Waals surface area (Å²) in [5, 5.41) is 0.685. The van der Waals surface area contributed by atoms with E-state index >= 15 is 0 Å². The monoisotopic (exact) mass is 482 g/mol. The zero-order valence-corrected chi connectivity index (χ0v) is 18.7. The number of aliphatic imine (C=N–C) groups is 1. The lowest BCUT2D eigenvalue weighted by Gasteiger charge is -2.27. The van der Waals surface area contributed by atoms with Gasteiger partial charge >= 0.3 is 0 Å². The summed E-state index contributed by atoms with van der Waals surface area (Å²) in [6, 6.07) is 10.5. The van der Waals surface area contributed by atoms with E-state index in [9.17, 15) is 12.8 Å². The Bertz CT molecular complexity index is 1070. The predicted molar refractivity (Wildman–Crippen MR) is 117 cm³/mol. The van der Waals surface area contributed by atoms with E-state index < -0.39 is 9.84 Å². The predicted octanol–water partition coefficient (Wildman–Crippen LogP) is 4.48. The minimum atomic E-state index is -3.16. The Morgan fingerprint density at radius 1 is 1.18 bits per heavy atom. The SMILES string of the molecule is Cc1ccc(CSC2=N[C@H]3CS(=O)(=O)C[C@@H]3N2c2ccc(Br)cc2F)cc1C. The lowest BCUT2D eigenvalue weighted by atomic mass is 10.1. The van der Waals surface area contributed by atoms with Crippen molar-refractivity contribution in [3.8, 4) is 0 Å². The first kappa shape index (κ1) is 19.9. The van der Waals surface area contributed by atoms with Crippen LogP contribution in [0.25, 0.3) is 0 Å². The number of anilines is 1. The van der Waals surface area contributed by atoms with Gasteiger partial charge in [-0.25, -0.2) is 12.8 Å². The third-order valence-corrected chi connectivity index (χ3v) is 8.45. The van der Waals surface area contributed by atoms with Gasteiger partial charge in [0.05, 0.1) is 29.3 Å². The highest BCUT2D eigenvalue weighted by molar-refractivity contribution is 9.10. The minimum Gasteiger partial charge on any atom is -0.312 e. The van der Waals surface area contributed by atoms with Gasteiger partial charge in [0, 0.05) is 10.2 Å². The van der Waals surface area contributed by atoms with Gasteiger partial charge in [0.25, 0.3) is 0 Å². The van der Waals surface area contributed by atoms with E-state index in [2.05, 4.69) is 53.0 Å². The smallest absolute Gasteiger partial charge is 0.164 e. The Morgan fingerprint density at radius 3 is 2.68 bits per heavy atom. The van der Waals surface area contributed by atoms with E-state index in [1.165, 1.54) is 29.0 Å². The molecule has 1 saturated heterocycles. The second-order valence-electron chi connectivity index (χ2n) is 7.30. The van der Waals surface area contributed by atoms with Crippen molar-refractivity contribution in [3.63, 3.8) is 0 Å². The van der Waals surface area contributed by atoms with Gasteiger partial charge in [-0.3, -0.25) is 4.99 Å². The number of nitrogens with zero attached hydrogens (tertiary/aromatic N) is 2. The normalized spacial score (nSPS) is 23.0. The zero-order chi connectivity index (χ0) is 20.1. The van der Waals surface area contributed by atoms with Gasteiger partial charge in [-0.1, -0.05) is 45.9 Å². The Morgan fingerprint density at radius 2 is 1.96 bits per heavy atom. The van der Waals surface area contributed by atoms with Gasteiger partial charge in [0.2, 0.25) is 0 Å². The highest BCUT2D eigenvalue weighted by Gasteiger charge is 2.47. The first-order valence-electron chi connectivity index (χ1n) is 8.95. The lowest BCUT2D eigenvalue weighted by molar-refractivity contribution is 0.600. The minimum absolute atomic E-state index is 0.00434. The van der Waals surface area contributed by atoms with Gasteiger partial charge in [0.1, 0.15) is 5.82 Å². The van der Waals surface area contributed by atoms with Crippen LogP contribution < -0.4 is 4.90 Å². The van der Waals surface area contributed by atoms with Crippen molar-refractivity contribution in [1.29, 1.82) is 0 Å². The number of benzene rings is 2. The topological polar surface area (TPSA) is 49.7 Å². The summed E-state index contributed by atoms with van der Waals surface area (Å²) in [6.07, 6.45) is 0. The second kappa shape index (κ2) is 7.46. The van der Waals surface area contributed by atoms with Gasteiger partial charge in [-0.2, -0.15) is 0 Å². The average Bonchev–Trinajstić information content (AvgIpc) is 3.08. The molecule has 4 nitrogen and oxygen atoms in total. The van der Waals surface area contributed by atoms with Crippen LogP contribution in [0.3, 0.4) is 0 Å². The van der Waals surface area contributed by atoms with Crippen molar-refractivity contribution in [2.75, 3.05) is 16.4 Å². The molecule has 148 valence electrons. The number of amidine groups is 1. The van der Waals surface area contributed by atoms with Crippen LogP contribution in [0.2, 0.25) is 0 Å². The van der Waals surface area contributed by atoms with Crippen LogP contribution >= 0.6 is 27.7 Å². The highest BCUT2D eigenvalue weighted by Crippen LogP contribution is 2.37. The van der Waals surface area contributed by atoms with Crippen LogP contribution in [-0.2, 0) is 15.6 Å². The summed E-state index contributed by atoms with van der Waals surface area (Å²) in [5.41, 5.74) is 4.01. The van der Waals surface area contributed by atoms with E-state index in [0.717, 1.165) is 5.56 Å². The van der Waals surface area contributed by atoms with Crippen LogP contribution in [0.5, 0.6) is 0 Å². The molecule has 4 rings (SSSR count). The van der Waals surface area contributed by atoms with Crippen LogP contribution in [0.15, 0.2) is 45.9 Å². The van der Waals surface area contributed by atoms with Crippen LogP contribution in [0.1, 0.15) is 16.7 Å². The second-order valence-corrected chi connectivity index (χ2v) is 11.3. The molecule has 0 radical (unpaired) electrons. The maximum absolute atomic E-state index is 14.7. The van der Waals surface area contributed by atoms with Crippen LogP contribution in [-0.4, -0.2) is 37.2 Å². The number of fused-ring (bicyclic) bond motifs is 1. The summed E-state index contributed by atoms with van der Waals surface area (Å²) < 4.78 is 39.6. The number of hydrogen-bond donors (Lipinski definition) is 0. The molecule has 0 amide bonds. The standard InChI is InChI=1S/C20H20BrFN2O2S2/c1-12-3-4-14(7-13(12)2)9-27-20-23-17-10-28(25,26)11-19(17)24(20)18-6-5-15(21)8-16(18)22/h3-8,17,19H,9-11H2,1-2H3/t17-,19-/m0/s1. The molecule has 8 heteroatoms. The van der Waals surface area contributed by atoms with Crippen molar-refractivity contribution >= 4 is 48.4 Å². The van der Waals surface area contributed by atoms with E-state index in [-0.39, 0.29) is 29.4 Å². The molecule has 0 aliphatic carbocycles. The van der Waals surface area contributed by atoms with Crippen molar-refractivity contribution in [1.82, 2.24) is 0 Å².